The Morgan fingerprint density at radius 2 is 1.81 bits per heavy atom. The monoisotopic (exact) mass is 246 g/mol. The summed E-state index contributed by atoms with van der Waals surface area (Å²) in [6.07, 6.45) is 10.7. The van der Waals surface area contributed by atoms with Crippen LogP contribution >= 0.6 is 11.6 Å². The standard InChI is InChI=1S/C14H27ClO/c1-3-4-5-6-7-8-9-13-10-12(2)11-16-14(13)15/h12-14H,3-11H2,1-2H3. The minimum absolute atomic E-state index is 0.0214. The summed E-state index contributed by atoms with van der Waals surface area (Å²) in [5, 5.41) is 0. The van der Waals surface area contributed by atoms with Gasteiger partial charge >= 0.3 is 0 Å². The molecule has 16 heavy (non-hydrogen) atoms. The molecular weight excluding hydrogens is 220 g/mol. The van der Waals surface area contributed by atoms with Crippen LogP contribution in [0.3, 0.4) is 0 Å². The lowest BCUT2D eigenvalue weighted by atomic mass is 9.90. The molecule has 0 radical (unpaired) electrons. The molecule has 3 atom stereocenters. The Labute approximate surface area is 106 Å². The third kappa shape index (κ3) is 5.54. The van der Waals surface area contributed by atoms with Crippen LogP contribution in [-0.4, -0.2) is 12.2 Å². The molecule has 0 aromatic carbocycles. The quantitative estimate of drug-likeness (QED) is 0.455. The van der Waals surface area contributed by atoms with Crippen molar-refractivity contribution in [1.82, 2.24) is 0 Å². The largest absolute Gasteiger partial charge is 0.362 e. The highest BCUT2D eigenvalue weighted by Gasteiger charge is 2.27. The van der Waals surface area contributed by atoms with Crippen molar-refractivity contribution in [3.8, 4) is 0 Å². The van der Waals surface area contributed by atoms with Gasteiger partial charge in [0.25, 0.3) is 0 Å². The van der Waals surface area contributed by atoms with E-state index in [1.807, 2.05) is 0 Å². The van der Waals surface area contributed by atoms with Gasteiger partial charge in [0.15, 0.2) is 0 Å². The molecule has 0 spiro atoms. The molecule has 1 nitrogen and oxygen atoms in total. The Kier molecular flexibility index (Phi) is 7.47. The second kappa shape index (κ2) is 8.36. The summed E-state index contributed by atoms with van der Waals surface area (Å²) in [6, 6.07) is 0. The van der Waals surface area contributed by atoms with Crippen LogP contribution in [-0.2, 0) is 4.74 Å². The highest BCUT2D eigenvalue weighted by Crippen LogP contribution is 2.31. The van der Waals surface area contributed by atoms with E-state index in [1.165, 1.54) is 51.4 Å². The second-order valence-corrected chi connectivity index (χ2v) is 5.77. The van der Waals surface area contributed by atoms with Gasteiger partial charge in [0.1, 0.15) is 5.56 Å². The summed E-state index contributed by atoms with van der Waals surface area (Å²) >= 11 is 6.19. The van der Waals surface area contributed by atoms with E-state index in [1.54, 1.807) is 0 Å². The van der Waals surface area contributed by atoms with Crippen molar-refractivity contribution >= 4 is 11.6 Å². The normalized spacial score (nSPS) is 30.6. The molecule has 0 saturated carbocycles. The molecule has 1 heterocycles. The maximum Gasteiger partial charge on any atom is 0.134 e. The topological polar surface area (TPSA) is 9.23 Å². The number of halogens is 1. The van der Waals surface area contributed by atoms with Crippen LogP contribution in [0.1, 0.15) is 65.2 Å². The van der Waals surface area contributed by atoms with Gasteiger partial charge in [0.2, 0.25) is 0 Å². The minimum Gasteiger partial charge on any atom is -0.362 e. The average molecular weight is 247 g/mol. The number of alkyl halides is 1. The molecule has 1 saturated heterocycles. The van der Waals surface area contributed by atoms with E-state index >= 15 is 0 Å². The van der Waals surface area contributed by atoms with E-state index in [0.717, 1.165) is 6.61 Å². The molecule has 0 amide bonds. The fraction of sp³-hybridized carbons (Fsp3) is 1.00. The Morgan fingerprint density at radius 1 is 1.12 bits per heavy atom. The van der Waals surface area contributed by atoms with Crippen molar-refractivity contribution in [2.75, 3.05) is 6.61 Å². The van der Waals surface area contributed by atoms with E-state index < -0.39 is 0 Å². The van der Waals surface area contributed by atoms with Crippen LogP contribution < -0.4 is 0 Å². The highest BCUT2D eigenvalue weighted by atomic mass is 35.5. The van der Waals surface area contributed by atoms with Gasteiger partial charge in [0, 0.05) is 0 Å². The fourth-order valence-electron chi connectivity index (χ4n) is 2.52. The first-order chi connectivity index (χ1) is 7.74. The van der Waals surface area contributed by atoms with Gasteiger partial charge in [-0.25, -0.2) is 0 Å². The Bertz CT molecular complexity index is 172. The predicted molar refractivity (Wildman–Crippen MR) is 70.9 cm³/mol. The summed E-state index contributed by atoms with van der Waals surface area (Å²) in [5.74, 6) is 1.29. The minimum atomic E-state index is -0.0214. The summed E-state index contributed by atoms with van der Waals surface area (Å²) in [6.45, 7) is 5.37. The van der Waals surface area contributed by atoms with Gasteiger partial charge in [-0.15, -0.1) is 0 Å². The molecule has 0 aromatic heterocycles. The number of hydrogen-bond donors (Lipinski definition) is 0. The average Bonchev–Trinajstić information content (AvgIpc) is 2.28. The molecule has 96 valence electrons. The number of rotatable bonds is 7. The van der Waals surface area contributed by atoms with Crippen LogP contribution in [0.4, 0.5) is 0 Å². The molecule has 3 unspecified atom stereocenters. The van der Waals surface area contributed by atoms with Crippen LogP contribution in [0.5, 0.6) is 0 Å². The first-order valence-electron chi connectivity index (χ1n) is 6.99. The summed E-state index contributed by atoms with van der Waals surface area (Å²) < 4.78 is 5.56. The molecule has 0 aromatic rings. The van der Waals surface area contributed by atoms with Crippen molar-refractivity contribution in [3.63, 3.8) is 0 Å². The Morgan fingerprint density at radius 3 is 2.56 bits per heavy atom. The summed E-state index contributed by atoms with van der Waals surface area (Å²) in [5.41, 5.74) is -0.0214. The van der Waals surface area contributed by atoms with Crippen molar-refractivity contribution in [3.05, 3.63) is 0 Å². The van der Waals surface area contributed by atoms with Crippen molar-refractivity contribution in [2.24, 2.45) is 11.8 Å². The third-order valence-corrected chi connectivity index (χ3v) is 4.03. The van der Waals surface area contributed by atoms with Crippen molar-refractivity contribution < 1.29 is 4.74 Å². The van der Waals surface area contributed by atoms with Gasteiger partial charge in [-0.2, -0.15) is 0 Å². The first kappa shape index (κ1) is 14.3. The fourth-order valence-corrected chi connectivity index (χ4v) is 2.82. The molecule has 1 aliphatic rings. The van der Waals surface area contributed by atoms with Crippen LogP contribution in [0.2, 0.25) is 0 Å². The SMILES string of the molecule is CCCCCCCCC1CC(C)COC1Cl. The van der Waals surface area contributed by atoms with Gasteiger partial charge in [-0.3, -0.25) is 0 Å². The molecular formula is C14H27ClO. The predicted octanol–water partition coefficient (Wildman–Crippen LogP) is 4.97. The highest BCUT2D eigenvalue weighted by molar-refractivity contribution is 6.19. The Hall–Kier alpha value is 0.250. The van der Waals surface area contributed by atoms with Crippen LogP contribution in [0, 0.1) is 11.8 Å². The lowest BCUT2D eigenvalue weighted by Crippen LogP contribution is -2.29. The smallest absolute Gasteiger partial charge is 0.134 e. The zero-order chi connectivity index (χ0) is 11.8. The van der Waals surface area contributed by atoms with Gasteiger partial charge in [-0.05, 0) is 24.7 Å². The van der Waals surface area contributed by atoms with E-state index in [0.29, 0.717) is 11.8 Å². The number of unbranched alkanes of at least 4 members (excludes halogenated alkanes) is 5. The van der Waals surface area contributed by atoms with Crippen LogP contribution in [0.25, 0.3) is 0 Å². The third-order valence-electron chi connectivity index (χ3n) is 3.54. The maximum absolute atomic E-state index is 6.19. The lowest BCUT2D eigenvalue weighted by Gasteiger charge is -2.31. The molecule has 1 rings (SSSR count). The van der Waals surface area contributed by atoms with Gasteiger partial charge in [0.05, 0.1) is 6.61 Å². The molecule has 2 heteroatoms. The van der Waals surface area contributed by atoms with Crippen molar-refractivity contribution in [1.29, 1.82) is 0 Å². The number of ether oxygens (including phenoxy) is 1. The molecule has 0 N–H and O–H groups in total. The molecule has 1 aliphatic heterocycles. The summed E-state index contributed by atoms with van der Waals surface area (Å²) in [7, 11) is 0. The molecule has 1 fully saturated rings. The molecule has 0 bridgehead atoms. The van der Waals surface area contributed by atoms with E-state index in [4.69, 9.17) is 16.3 Å². The van der Waals surface area contributed by atoms with E-state index in [9.17, 15) is 0 Å². The first-order valence-corrected chi connectivity index (χ1v) is 7.43. The van der Waals surface area contributed by atoms with E-state index in [-0.39, 0.29) is 5.56 Å². The van der Waals surface area contributed by atoms with Gasteiger partial charge < -0.3 is 4.74 Å². The zero-order valence-corrected chi connectivity index (χ0v) is 11.6. The van der Waals surface area contributed by atoms with Gasteiger partial charge in [-0.1, -0.05) is 64.0 Å². The summed E-state index contributed by atoms with van der Waals surface area (Å²) in [4.78, 5) is 0. The van der Waals surface area contributed by atoms with Crippen molar-refractivity contribution in [2.45, 2.75) is 70.8 Å². The second-order valence-electron chi connectivity index (χ2n) is 5.34. The lowest BCUT2D eigenvalue weighted by molar-refractivity contribution is -0.00903. The van der Waals surface area contributed by atoms with E-state index in [2.05, 4.69) is 13.8 Å². The molecule has 0 aliphatic carbocycles. The Balaban J connectivity index is 2.02. The zero-order valence-electron chi connectivity index (χ0n) is 10.9. The van der Waals surface area contributed by atoms with Crippen LogP contribution in [0.15, 0.2) is 0 Å². The maximum atomic E-state index is 6.19. The number of hydrogen-bond acceptors (Lipinski definition) is 1.